The normalized spacial score (nSPS) is 17.4. The van der Waals surface area contributed by atoms with Crippen LogP contribution in [0.25, 0.3) is 0 Å². The first kappa shape index (κ1) is 16.8. The van der Waals surface area contributed by atoms with Crippen molar-refractivity contribution in [1.29, 1.82) is 0 Å². The van der Waals surface area contributed by atoms with Gasteiger partial charge in [0.25, 0.3) is 5.91 Å². The van der Waals surface area contributed by atoms with Gasteiger partial charge in [0.15, 0.2) is 6.10 Å². The highest BCUT2D eigenvalue weighted by molar-refractivity contribution is 5.81. The number of benzene rings is 1. The second kappa shape index (κ2) is 7.63. The van der Waals surface area contributed by atoms with Gasteiger partial charge >= 0.3 is 0 Å². The standard InChI is InChI=1S/C18H28N2O2/c1-5-16(22-17-13-14(3)7-8-15(17)4)18(21)20-11-9-19(6-2)10-12-20/h7-8,13,16H,5-6,9-12H2,1-4H3/t16-/m0/s1. The Balaban J connectivity index is 2.02. The highest BCUT2D eigenvalue weighted by Crippen LogP contribution is 2.22. The number of piperazine rings is 1. The molecule has 1 saturated heterocycles. The van der Waals surface area contributed by atoms with E-state index in [1.54, 1.807) is 0 Å². The molecule has 4 heteroatoms. The first-order chi connectivity index (χ1) is 10.5. The zero-order valence-electron chi connectivity index (χ0n) is 14.3. The summed E-state index contributed by atoms with van der Waals surface area (Å²) in [6, 6.07) is 6.12. The van der Waals surface area contributed by atoms with Crippen molar-refractivity contribution in [3.63, 3.8) is 0 Å². The van der Waals surface area contributed by atoms with Crippen LogP contribution in [0.15, 0.2) is 18.2 Å². The van der Waals surface area contributed by atoms with Crippen molar-refractivity contribution in [2.45, 2.75) is 40.2 Å². The summed E-state index contributed by atoms with van der Waals surface area (Å²) in [5, 5.41) is 0. The van der Waals surface area contributed by atoms with E-state index < -0.39 is 0 Å². The number of amides is 1. The predicted octanol–water partition coefficient (Wildman–Crippen LogP) is 2.62. The number of hydrogen-bond donors (Lipinski definition) is 0. The minimum Gasteiger partial charge on any atom is -0.480 e. The van der Waals surface area contributed by atoms with Crippen LogP contribution >= 0.6 is 0 Å². The number of nitrogens with zero attached hydrogens (tertiary/aromatic N) is 2. The van der Waals surface area contributed by atoms with Crippen LogP contribution in [0, 0.1) is 13.8 Å². The molecule has 0 aliphatic carbocycles. The molecule has 0 bridgehead atoms. The van der Waals surface area contributed by atoms with Crippen LogP contribution in [0.5, 0.6) is 5.75 Å². The number of hydrogen-bond acceptors (Lipinski definition) is 3. The SMILES string of the molecule is CC[C@H](Oc1cc(C)ccc1C)C(=O)N1CCN(CC)CC1. The summed E-state index contributed by atoms with van der Waals surface area (Å²) in [7, 11) is 0. The molecule has 1 atom stereocenters. The molecule has 22 heavy (non-hydrogen) atoms. The van der Waals surface area contributed by atoms with E-state index in [4.69, 9.17) is 4.74 Å². The average molecular weight is 304 g/mol. The van der Waals surface area contributed by atoms with Crippen LogP contribution in [0.2, 0.25) is 0 Å². The molecule has 1 fully saturated rings. The van der Waals surface area contributed by atoms with Crippen LogP contribution in [0.4, 0.5) is 0 Å². The molecule has 2 rings (SSSR count). The zero-order chi connectivity index (χ0) is 16.1. The van der Waals surface area contributed by atoms with Crippen molar-refractivity contribution >= 4 is 5.91 Å². The molecule has 1 aromatic rings. The molecule has 1 heterocycles. The number of aryl methyl sites for hydroxylation is 2. The number of carbonyl (C=O) groups excluding carboxylic acids is 1. The summed E-state index contributed by atoms with van der Waals surface area (Å²) in [5.74, 6) is 0.951. The van der Waals surface area contributed by atoms with Gasteiger partial charge in [-0.25, -0.2) is 0 Å². The van der Waals surface area contributed by atoms with Gasteiger partial charge in [-0.05, 0) is 44.0 Å². The quantitative estimate of drug-likeness (QED) is 0.838. The highest BCUT2D eigenvalue weighted by Gasteiger charge is 2.27. The van der Waals surface area contributed by atoms with Gasteiger partial charge in [0, 0.05) is 26.2 Å². The molecule has 1 aliphatic rings. The minimum absolute atomic E-state index is 0.124. The lowest BCUT2D eigenvalue weighted by Gasteiger charge is -2.35. The van der Waals surface area contributed by atoms with Crippen LogP contribution in [0.3, 0.4) is 0 Å². The van der Waals surface area contributed by atoms with Crippen molar-refractivity contribution in [2.75, 3.05) is 32.7 Å². The maximum atomic E-state index is 12.7. The van der Waals surface area contributed by atoms with Gasteiger partial charge in [0.1, 0.15) is 5.75 Å². The first-order valence-corrected chi connectivity index (χ1v) is 8.30. The number of ether oxygens (including phenoxy) is 1. The molecular formula is C18H28N2O2. The summed E-state index contributed by atoms with van der Waals surface area (Å²) in [4.78, 5) is 17.0. The Morgan fingerprint density at radius 3 is 2.45 bits per heavy atom. The van der Waals surface area contributed by atoms with Crippen LogP contribution in [-0.4, -0.2) is 54.5 Å². The maximum Gasteiger partial charge on any atom is 0.263 e. The van der Waals surface area contributed by atoms with Crippen LogP contribution in [0.1, 0.15) is 31.4 Å². The van der Waals surface area contributed by atoms with Crippen molar-refractivity contribution < 1.29 is 9.53 Å². The monoisotopic (exact) mass is 304 g/mol. The lowest BCUT2D eigenvalue weighted by atomic mass is 10.1. The van der Waals surface area contributed by atoms with Crippen molar-refractivity contribution in [2.24, 2.45) is 0 Å². The zero-order valence-corrected chi connectivity index (χ0v) is 14.3. The first-order valence-electron chi connectivity index (χ1n) is 8.30. The summed E-state index contributed by atoms with van der Waals surface area (Å²) in [6.07, 6.45) is 0.314. The fourth-order valence-electron chi connectivity index (χ4n) is 2.78. The maximum absolute atomic E-state index is 12.7. The predicted molar refractivity (Wildman–Crippen MR) is 89.3 cm³/mol. The van der Waals surface area contributed by atoms with E-state index in [1.807, 2.05) is 37.8 Å². The molecule has 0 spiro atoms. The van der Waals surface area contributed by atoms with Crippen molar-refractivity contribution in [3.8, 4) is 5.75 Å². The lowest BCUT2D eigenvalue weighted by Crippen LogP contribution is -2.52. The minimum atomic E-state index is -0.381. The average Bonchev–Trinajstić information content (AvgIpc) is 2.55. The largest absolute Gasteiger partial charge is 0.480 e. The molecule has 0 aromatic heterocycles. The molecular weight excluding hydrogens is 276 g/mol. The van der Waals surface area contributed by atoms with E-state index in [-0.39, 0.29) is 12.0 Å². The molecule has 1 amide bonds. The summed E-state index contributed by atoms with van der Waals surface area (Å²) >= 11 is 0. The Morgan fingerprint density at radius 2 is 1.86 bits per heavy atom. The molecule has 0 radical (unpaired) electrons. The van der Waals surface area contributed by atoms with Crippen LogP contribution < -0.4 is 4.74 Å². The van der Waals surface area contributed by atoms with E-state index in [0.717, 1.165) is 49.6 Å². The van der Waals surface area contributed by atoms with Gasteiger partial charge < -0.3 is 14.5 Å². The number of rotatable bonds is 5. The fourth-order valence-corrected chi connectivity index (χ4v) is 2.78. The second-order valence-electron chi connectivity index (χ2n) is 6.04. The highest BCUT2D eigenvalue weighted by atomic mass is 16.5. The molecule has 0 unspecified atom stereocenters. The molecule has 1 aromatic carbocycles. The fraction of sp³-hybridized carbons (Fsp3) is 0.611. The number of carbonyl (C=O) groups is 1. The topological polar surface area (TPSA) is 32.8 Å². The second-order valence-corrected chi connectivity index (χ2v) is 6.04. The molecule has 0 N–H and O–H groups in total. The van der Waals surface area contributed by atoms with Gasteiger partial charge in [0.2, 0.25) is 0 Å². The van der Waals surface area contributed by atoms with E-state index in [1.165, 1.54) is 0 Å². The lowest BCUT2D eigenvalue weighted by molar-refractivity contribution is -0.140. The Bertz CT molecular complexity index is 508. The Hall–Kier alpha value is -1.55. The summed E-state index contributed by atoms with van der Waals surface area (Å²) in [6.45, 7) is 12.8. The third kappa shape index (κ3) is 4.01. The van der Waals surface area contributed by atoms with E-state index in [0.29, 0.717) is 6.42 Å². The van der Waals surface area contributed by atoms with Gasteiger partial charge in [-0.2, -0.15) is 0 Å². The number of likely N-dealkylation sites (N-methyl/N-ethyl adjacent to an activating group) is 1. The van der Waals surface area contributed by atoms with Gasteiger partial charge in [-0.1, -0.05) is 26.0 Å². The summed E-state index contributed by atoms with van der Waals surface area (Å²) in [5.41, 5.74) is 2.23. The Morgan fingerprint density at radius 1 is 1.18 bits per heavy atom. The summed E-state index contributed by atoms with van der Waals surface area (Å²) < 4.78 is 6.04. The molecule has 1 aliphatic heterocycles. The van der Waals surface area contributed by atoms with Gasteiger partial charge in [0.05, 0.1) is 0 Å². The van der Waals surface area contributed by atoms with E-state index >= 15 is 0 Å². The van der Waals surface area contributed by atoms with Crippen molar-refractivity contribution in [3.05, 3.63) is 29.3 Å². The molecule has 4 nitrogen and oxygen atoms in total. The Kier molecular flexibility index (Phi) is 5.83. The smallest absolute Gasteiger partial charge is 0.263 e. The molecule has 0 saturated carbocycles. The van der Waals surface area contributed by atoms with Crippen molar-refractivity contribution in [1.82, 2.24) is 9.80 Å². The third-order valence-electron chi connectivity index (χ3n) is 4.39. The Labute approximate surface area is 134 Å². The molecule has 122 valence electrons. The van der Waals surface area contributed by atoms with E-state index in [2.05, 4.69) is 17.9 Å². The third-order valence-corrected chi connectivity index (χ3v) is 4.39. The van der Waals surface area contributed by atoms with Crippen LogP contribution in [-0.2, 0) is 4.79 Å². The van der Waals surface area contributed by atoms with Gasteiger partial charge in [-0.3, -0.25) is 4.79 Å². The van der Waals surface area contributed by atoms with Gasteiger partial charge in [-0.15, -0.1) is 0 Å². The van der Waals surface area contributed by atoms with E-state index in [9.17, 15) is 4.79 Å².